The Hall–Kier alpha value is -3.64. The lowest BCUT2D eigenvalue weighted by molar-refractivity contribution is 0.313. The normalized spacial score (nSPS) is 21.3. The number of benzene rings is 2. The van der Waals surface area contributed by atoms with Gasteiger partial charge in [0.1, 0.15) is 5.49 Å². The van der Waals surface area contributed by atoms with Gasteiger partial charge in [0, 0.05) is 56.7 Å². The standard InChI is InChI=1S/C28H29N5O.H2/c1-31-13-15-32(16-14-31)25-10-8-24(9-11-25)29-28-18-22(19-28)17-23-7-12-26(34)33(27(23)30-28)20-21-5-3-2-4-6-21;/h2-12,17-18,29H,13-16,19-20H2,1H3;1H. The minimum atomic E-state index is -0.529. The summed E-state index contributed by atoms with van der Waals surface area (Å²) in [5.74, 6) is 0. The average Bonchev–Trinajstić information content (AvgIpc) is 3.09. The van der Waals surface area contributed by atoms with E-state index in [1.807, 2.05) is 36.4 Å². The lowest BCUT2D eigenvalue weighted by atomic mass is 9.86. The van der Waals surface area contributed by atoms with E-state index in [2.05, 4.69) is 58.6 Å². The van der Waals surface area contributed by atoms with Crippen LogP contribution in [0.25, 0.3) is 6.08 Å². The van der Waals surface area contributed by atoms with E-state index >= 15 is 0 Å². The predicted molar refractivity (Wildman–Crippen MR) is 139 cm³/mol. The molecule has 7 rings (SSSR count). The summed E-state index contributed by atoms with van der Waals surface area (Å²) in [7, 11) is 2.18. The van der Waals surface area contributed by atoms with Crippen LogP contribution in [0.3, 0.4) is 0 Å². The number of piperazine rings is 1. The number of anilines is 2. The molecule has 34 heavy (non-hydrogen) atoms. The van der Waals surface area contributed by atoms with Crippen LogP contribution in [0.4, 0.5) is 11.4 Å². The summed E-state index contributed by atoms with van der Waals surface area (Å²) in [6, 6.07) is 22.3. The predicted octanol–water partition coefficient (Wildman–Crippen LogP) is 2.45. The average molecular weight is 454 g/mol. The summed E-state index contributed by atoms with van der Waals surface area (Å²) < 4.78 is 1.79. The van der Waals surface area contributed by atoms with Crippen molar-refractivity contribution in [3.63, 3.8) is 0 Å². The second-order valence-electron chi connectivity index (χ2n) is 9.56. The van der Waals surface area contributed by atoms with Gasteiger partial charge in [-0.05, 0) is 60.7 Å². The van der Waals surface area contributed by atoms with Crippen molar-refractivity contribution in [1.29, 1.82) is 0 Å². The molecule has 1 fully saturated rings. The highest BCUT2D eigenvalue weighted by molar-refractivity contribution is 5.62. The van der Waals surface area contributed by atoms with Crippen LogP contribution in [0.1, 0.15) is 13.4 Å². The van der Waals surface area contributed by atoms with Gasteiger partial charge in [-0.2, -0.15) is 0 Å². The molecule has 3 aromatic rings. The van der Waals surface area contributed by atoms with Crippen molar-refractivity contribution >= 4 is 17.5 Å². The van der Waals surface area contributed by atoms with Crippen LogP contribution < -0.4 is 26.5 Å². The van der Waals surface area contributed by atoms with E-state index in [9.17, 15) is 4.79 Å². The number of hydrogen-bond donors (Lipinski definition) is 1. The number of nitrogens with one attached hydrogen (secondary N) is 1. The highest BCUT2D eigenvalue weighted by Gasteiger charge is 2.37. The number of hydrogen-bond acceptors (Lipinski definition) is 5. The Labute approximate surface area is 200 Å². The molecule has 1 aromatic heterocycles. The van der Waals surface area contributed by atoms with Gasteiger partial charge >= 0.3 is 0 Å². The molecule has 1 aliphatic carbocycles. The third-order valence-electron chi connectivity index (χ3n) is 7.01. The smallest absolute Gasteiger partial charge is 0.252 e. The third kappa shape index (κ3) is 3.94. The first kappa shape index (κ1) is 20.9. The molecule has 0 radical (unpaired) electrons. The highest BCUT2D eigenvalue weighted by Crippen LogP contribution is 2.36. The minimum Gasteiger partial charge on any atom is -0.369 e. The van der Waals surface area contributed by atoms with Gasteiger partial charge in [-0.25, -0.2) is 4.99 Å². The Morgan fingerprint density at radius 1 is 0.971 bits per heavy atom. The van der Waals surface area contributed by atoms with Crippen LogP contribution in [0.2, 0.25) is 0 Å². The number of likely N-dealkylation sites (N-methyl/N-ethyl adjacent to an activating group) is 1. The second kappa shape index (κ2) is 8.29. The number of nitrogens with zero attached hydrogens (tertiary/aromatic N) is 4. The second-order valence-corrected chi connectivity index (χ2v) is 9.56. The summed E-state index contributed by atoms with van der Waals surface area (Å²) in [6.07, 6.45) is 5.14. The molecule has 1 atom stereocenters. The Morgan fingerprint density at radius 3 is 2.44 bits per heavy atom. The summed E-state index contributed by atoms with van der Waals surface area (Å²) >= 11 is 0. The Kier molecular flexibility index (Phi) is 5.11. The molecule has 1 N–H and O–H groups in total. The molecule has 0 amide bonds. The van der Waals surface area contributed by atoms with Gasteiger partial charge in [0.15, 0.2) is 5.66 Å². The summed E-state index contributed by atoms with van der Waals surface area (Å²) in [5.41, 5.74) is 4.80. The summed E-state index contributed by atoms with van der Waals surface area (Å²) in [6.45, 7) is 4.80. The SMILES string of the molecule is CN1CCN(c2ccc(NC34C=C(C=c5ccc(=O)n(Cc6ccccc6)c5=N3)C4)cc2)CC1.[HH]. The van der Waals surface area contributed by atoms with Crippen molar-refractivity contribution in [2.75, 3.05) is 43.4 Å². The number of rotatable bonds is 5. The lowest BCUT2D eigenvalue weighted by Crippen LogP contribution is -2.47. The largest absolute Gasteiger partial charge is 0.369 e. The third-order valence-corrected chi connectivity index (χ3v) is 7.01. The quantitative estimate of drug-likeness (QED) is 0.645. The molecule has 2 bridgehead atoms. The molecule has 3 aliphatic heterocycles. The van der Waals surface area contributed by atoms with Crippen molar-refractivity contribution < 1.29 is 1.43 Å². The van der Waals surface area contributed by atoms with Crippen LogP contribution in [0.15, 0.2) is 88.2 Å². The van der Waals surface area contributed by atoms with Gasteiger partial charge < -0.3 is 15.1 Å². The molecule has 2 aromatic carbocycles. The van der Waals surface area contributed by atoms with E-state index in [0.717, 1.165) is 54.6 Å². The van der Waals surface area contributed by atoms with Gasteiger partial charge in [0.2, 0.25) is 0 Å². The monoisotopic (exact) mass is 453 g/mol. The molecule has 4 heterocycles. The van der Waals surface area contributed by atoms with E-state index in [-0.39, 0.29) is 6.99 Å². The number of aromatic nitrogens is 1. The van der Waals surface area contributed by atoms with E-state index < -0.39 is 5.66 Å². The van der Waals surface area contributed by atoms with Crippen LogP contribution >= 0.6 is 0 Å². The Morgan fingerprint density at radius 2 is 1.71 bits per heavy atom. The van der Waals surface area contributed by atoms with Crippen molar-refractivity contribution in [1.82, 2.24) is 9.47 Å². The van der Waals surface area contributed by atoms with E-state index in [1.54, 1.807) is 10.6 Å². The molecule has 0 spiro atoms. The van der Waals surface area contributed by atoms with Gasteiger partial charge in [0.25, 0.3) is 5.56 Å². The van der Waals surface area contributed by atoms with Crippen molar-refractivity contribution in [3.8, 4) is 0 Å². The first-order valence-electron chi connectivity index (χ1n) is 12.0. The molecule has 6 nitrogen and oxygen atoms in total. The maximum atomic E-state index is 12.8. The van der Waals surface area contributed by atoms with E-state index in [1.165, 1.54) is 11.3 Å². The van der Waals surface area contributed by atoms with Crippen LogP contribution in [-0.2, 0) is 6.54 Å². The zero-order valence-corrected chi connectivity index (χ0v) is 19.4. The Balaban J connectivity index is 0.00000253. The van der Waals surface area contributed by atoms with Crippen LogP contribution in [-0.4, -0.2) is 48.4 Å². The highest BCUT2D eigenvalue weighted by atomic mass is 16.1. The zero-order chi connectivity index (χ0) is 23.1. The lowest BCUT2D eigenvalue weighted by Gasteiger charge is -2.36. The topological polar surface area (TPSA) is 52.9 Å². The fourth-order valence-electron chi connectivity index (χ4n) is 5.06. The fraction of sp³-hybridized carbons (Fsp3) is 0.286. The van der Waals surface area contributed by atoms with Gasteiger partial charge in [-0.1, -0.05) is 30.3 Å². The molecular formula is C28H31N5O. The van der Waals surface area contributed by atoms with Crippen LogP contribution in [0, 0.1) is 0 Å². The Bertz CT molecular complexity index is 1420. The maximum Gasteiger partial charge on any atom is 0.252 e. The van der Waals surface area contributed by atoms with Crippen molar-refractivity contribution in [3.05, 3.63) is 105 Å². The number of pyridine rings is 1. The zero-order valence-electron chi connectivity index (χ0n) is 19.4. The molecule has 174 valence electrons. The molecule has 4 aliphatic rings. The minimum absolute atomic E-state index is 0. The summed E-state index contributed by atoms with van der Waals surface area (Å²) in [5, 5.41) is 4.64. The van der Waals surface area contributed by atoms with Crippen molar-refractivity contribution in [2.24, 2.45) is 4.99 Å². The molecule has 1 saturated heterocycles. The first-order valence-corrected chi connectivity index (χ1v) is 12.0. The van der Waals surface area contributed by atoms with Gasteiger partial charge in [-0.3, -0.25) is 9.36 Å². The molecule has 1 unspecified atom stereocenters. The maximum absolute atomic E-state index is 12.8. The van der Waals surface area contributed by atoms with Gasteiger partial charge in [-0.15, -0.1) is 0 Å². The molecular weight excluding hydrogens is 422 g/mol. The van der Waals surface area contributed by atoms with Gasteiger partial charge in [0.05, 0.1) is 6.54 Å². The summed E-state index contributed by atoms with van der Waals surface area (Å²) in [4.78, 5) is 22.8. The molecule has 6 heteroatoms. The molecule has 0 saturated carbocycles. The van der Waals surface area contributed by atoms with E-state index in [0.29, 0.717) is 6.54 Å². The van der Waals surface area contributed by atoms with E-state index in [4.69, 9.17) is 4.99 Å². The van der Waals surface area contributed by atoms with Crippen molar-refractivity contribution in [2.45, 2.75) is 18.6 Å². The fourth-order valence-corrected chi connectivity index (χ4v) is 5.06. The first-order chi connectivity index (χ1) is 16.6. The van der Waals surface area contributed by atoms with Crippen LogP contribution in [0.5, 0.6) is 0 Å².